The van der Waals surface area contributed by atoms with Gasteiger partial charge in [0.25, 0.3) is 5.95 Å². The molecule has 8 heteroatoms. The van der Waals surface area contributed by atoms with E-state index in [9.17, 15) is 4.79 Å². The second-order valence-corrected chi connectivity index (χ2v) is 8.37. The molecule has 1 aromatic heterocycles. The van der Waals surface area contributed by atoms with E-state index < -0.39 is 0 Å². The fraction of sp³-hybridized carbons (Fsp3) is 0.600. The number of para-hydroxylation sites is 1. The number of fused-ring (bicyclic) bond motifs is 2. The SMILES string of the molecule is CC(=O)N1CC2(CCN(C3CCN(c4nn[nH]n4)CC3)CC2)c2ccccc21.[HH]. The lowest BCUT2D eigenvalue weighted by atomic mass is 9.74. The number of H-pyrrole nitrogens is 1. The van der Waals surface area contributed by atoms with Gasteiger partial charge in [-0.15, -0.1) is 5.10 Å². The van der Waals surface area contributed by atoms with Gasteiger partial charge in [0.1, 0.15) is 0 Å². The van der Waals surface area contributed by atoms with Crippen molar-refractivity contribution in [3.05, 3.63) is 29.8 Å². The third-order valence-electron chi connectivity index (χ3n) is 6.96. The third kappa shape index (κ3) is 2.87. The highest BCUT2D eigenvalue weighted by atomic mass is 16.2. The number of aromatic nitrogens is 4. The summed E-state index contributed by atoms with van der Waals surface area (Å²) in [6, 6.07) is 9.12. The van der Waals surface area contributed by atoms with Crippen LogP contribution in [0.5, 0.6) is 0 Å². The first-order valence-electron chi connectivity index (χ1n) is 10.3. The van der Waals surface area contributed by atoms with E-state index in [4.69, 9.17) is 0 Å². The van der Waals surface area contributed by atoms with Gasteiger partial charge in [-0.3, -0.25) is 4.79 Å². The van der Waals surface area contributed by atoms with Crippen LogP contribution in [0.25, 0.3) is 0 Å². The van der Waals surface area contributed by atoms with Gasteiger partial charge in [-0.25, -0.2) is 0 Å². The van der Waals surface area contributed by atoms with E-state index >= 15 is 0 Å². The van der Waals surface area contributed by atoms with Gasteiger partial charge < -0.3 is 14.7 Å². The van der Waals surface area contributed by atoms with Gasteiger partial charge in [0.05, 0.1) is 0 Å². The average molecular weight is 384 g/mol. The van der Waals surface area contributed by atoms with Gasteiger partial charge in [-0.2, -0.15) is 5.21 Å². The van der Waals surface area contributed by atoms with Crippen molar-refractivity contribution in [1.29, 1.82) is 0 Å². The average Bonchev–Trinajstić information content (AvgIpc) is 3.37. The van der Waals surface area contributed by atoms with E-state index in [0.717, 1.165) is 64.1 Å². The van der Waals surface area contributed by atoms with Crippen LogP contribution in [0.1, 0.15) is 39.6 Å². The molecule has 1 amide bonds. The first kappa shape index (κ1) is 17.6. The molecule has 2 saturated heterocycles. The van der Waals surface area contributed by atoms with E-state index in [0.29, 0.717) is 12.0 Å². The Morgan fingerprint density at radius 2 is 1.93 bits per heavy atom. The van der Waals surface area contributed by atoms with Crippen molar-refractivity contribution in [2.75, 3.05) is 42.5 Å². The number of hydrogen-bond acceptors (Lipinski definition) is 6. The lowest BCUT2D eigenvalue weighted by Crippen LogP contribution is -2.52. The predicted molar refractivity (Wildman–Crippen MR) is 108 cm³/mol. The number of aromatic amines is 1. The maximum absolute atomic E-state index is 12.2. The van der Waals surface area contributed by atoms with Crippen molar-refractivity contribution in [3.63, 3.8) is 0 Å². The normalized spacial score (nSPS) is 22.6. The van der Waals surface area contributed by atoms with Gasteiger partial charge in [0.15, 0.2) is 0 Å². The molecule has 5 rings (SSSR count). The van der Waals surface area contributed by atoms with Crippen molar-refractivity contribution in [1.82, 2.24) is 25.5 Å². The Morgan fingerprint density at radius 1 is 1.18 bits per heavy atom. The number of benzene rings is 1. The molecule has 1 aromatic carbocycles. The number of amides is 1. The van der Waals surface area contributed by atoms with Crippen LogP contribution in [0.3, 0.4) is 0 Å². The lowest BCUT2D eigenvalue weighted by Gasteiger charge is -2.45. The van der Waals surface area contributed by atoms with Crippen LogP contribution < -0.4 is 9.80 Å². The van der Waals surface area contributed by atoms with Gasteiger partial charge in [-0.05, 0) is 55.6 Å². The Balaban J connectivity index is 0.00000205. The number of anilines is 2. The highest BCUT2D eigenvalue weighted by molar-refractivity contribution is 5.94. The lowest BCUT2D eigenvalue weighted by molar-refractivity contribution is -0.116. The van der Waals surface area contributed by atoms with E-state index in [-0.39, 0.29) is 12.7 Å². The van der Waals surface area contributed by atoms with Crippen LogP contribution in [-0.2, 0) is 10.2 Å². The van der Waals surface area contributed by atoms with Crippen LogP contribution >= 0.6 is 0 Å². The molecular weight excluding hydrogens is 354 g/mol. The first-order valence-corrected chi connectivity index (χ1v) is 10.3. The van der Waals surface area contributed by atoms with Crippen molar-refractivity contribution < 1.29 is 6.22 Å². The fourth-order valence-corrected chi connectivity index (χ4v) is 5.38. The van der Waals surface area contributed by atoms with Gasteiger partial charge in [0, 0.05) is 45.1 Å². The number of tetrazole rings is 1. The molecule has 4 heterocycles. The standard InChI is InChI=1S/C20H27N7O.H2/c1-15(28)27-14-20(17-4-2-3-5-18(17)27)8-12-25(13-9-20)16-6-10-26(11-7-16)19-21-23-24-22-19;/h2-5,16H,6-14H2,1H3,(H,21,22,23,24);1H. The molecule has 150 valence electrons. The van der Waals surface area contributed by atoms with Crippen molar-refractivity contribution in [2.24, 2.45) is 0 Å². The summed E-state index contributed by atoms with van der Waals surface area (Å²) in [6.07, 6.45) is 4.52. The van der Waals surface area contributed by atoms with Gasteiger partial charge in [-0.1, -0.05) is 23.3 Å². The smallest absolute Gasteiger partial charge is 0.265 e. The number of likely N-dealkylation sites (tertiary alicyclic amines) is 1. The van der Waals surface area contributed by atoms with Crippen LogP contribution in [0.2, 0.25) is 0 Å². The monoisotopic (exact) mass is 383 g/mol. The molecule has 2 aromatic rings. The second kappa shape index (κ2) is 6.84. The number of carbonyl (C=O) groups is 1. The number of piperidine rings is 2. The Labute approximate surface area is 166 Å². The summed E-state index contributed by atoms with van der Waals surface area (Å²) in [5, 5.41) is 14.4. The highest BCUT2D eigenvalue weighted by Crippen LogP contribution is 2.47. The Kier molecular flexibility index (Phi) is 4.30. The number of nitrogens with one attached hydrogen (secondary N) is 1. The van der Waals surface area contributed by atoms with Crippen molar-refractivity contribution >= 4 is 17.5 Å². The molecule has 0 bridgehead atoms. The minimum Gasteiger partial charge on any atom is -0.338 e. The number of carbonyl (C=O) groups excluding carboxylic acids is 1. The summed E-state index contributed by atoms with van der Waals surface area (Å²) < 4.78 is 0. The quantitative estimate of drug-likeness (QED) is 0.852. The van der Waals surface area contributed by atoms with Gasteiger partial charge >= 0.3 is 0 Å². The first-order chi connectivity index (χ1) is 13.7. The fourth-order valence-electron chi connectivity index (χ4n) is 5.38. The van der Waals surface area contributed by atoms with E-state index in [2.05, 4.69) is 48.6 Å². The molecule has 8 nitrogen and oxygen atoms in total. The Morgan fingerprint density at radius 3 is 2.61 bits per heavy atom. The summed E-state index contributed by atoms with van der Waals surface area (Å²) in [7, 11) is 0. The van der Waals surface area contributed by atoms with Crippen LogP contribution in [0.4, 0.5) is 11.6 Å². The van der Waals surface area contributed by atoms with E-state index in [1.165, 1.54) is 5.56 Å². The molecule has 0 saturated carbocycles. The maximum atomic E-state index is 12.2. The van der Waals surface area contributed by atoms with Crippen molar-refractivity contribution in [2.45, 2.75) is 44.1 Å². The summed E-state index contributed by atoms with van der Waals surface area (Å²) in [5.74, 6) is 0.864. The van der Waals surface area contributed by atoms with Crippen molar-refractivity contribution in [3.8, 4) is 0 Å². The molecule has 2 fully saturated rings. The molecule has 3 aliphatic rings. The third-order valence-corrected chi connectivity index (χ3v) is 6.96. The second-order valence-electron chi connectivity index (χ2n) is 8.37. The molecule has 1 N–H and O–H groups in total. The number of rotatable bonds is 2. The summed E-state index contributed by atoms with van der Waals surface area (Å²) >= 11 is 0. The Bertz CT molecular complexity index is 842. The topological polar surface area (TPSA) is 81.3 Å². The van der Waals surface area contributed by atoms with E-state index in [1.54, 1.807) is 6.92 Å². The zero-order chi connectivity index (χ0) is 19.1. The molecule has 28 heavy (non-hydrogen) atoms. The number of hydrogen-bond donors (Lipinski definition) is 1. The summed E-state index contributed by atoms with van der Waals surface area (Å²) in [6.45, 7) is 6.69. The van der Waals surface area contributed by atoms with E-state index in [1.807, 2.05) is 11.0 Å². The zero-order valence-corrected chi connectivity index (χ0v) is 16.3. The molecule has 0 aliphatic carbocycles. The molecule has 0 radical (unpaired) electrons. The minimum absolute atomic E-state index is 0. The Hall–Kier alpha value is -2.48. The maximum Gasteiger partial charge on any atom is 0.265 e. The predicted octanol–water partition coefficient (Wildman–Crippen LogP) is 1.81. The summed E-state index contributed by atoms with van der Waals surface area (Å²) in [4.78, 5) is 19.0. The zero-order valence-electron chi connectivity index (χ0n) is 16.3. The van der Waals surface area contributed by atoms with Crippen LogP contribution in [0.15, 0.2) is 24.3 Å². The van der Waals surface area contributed by atoms with Crippen LogP contribution in [-0.4, -0.2) is 70.2 Å². The minimum atomic E-state index is 0. The molecule has 0 atom stereocenters. The molecule has 3 aliphatic heterocycles. The number of nitrogens with zero attached hydrogens (tertiary/aromatic N) is 6. The molecule has 0 unspecified atom stereocenters. The largest absolute Gasteiger partial charge is 0.338 e. The highest BCUT2D eigenvalue weighted by Gasteiger charge is 2.46. The summed E-state index contributed by atoms with van der Waals surface area (Å²) in [5.41, 5.74) is 2.62. The van der Waals surface area contributed by atoms with Gasteiger partial charge in [0.2, 0.25) is 5.91 Å². The molecular formula is C20H29N7O. The van der Waals surface area contributed by atoms with Crippen LogP contribution in [0, 0.1) is 0 Å². The molecule has 1 spiro atoms.